The molecular weight excluding hydrogens is 349 g/mol. The van der Waals surface area contributed by atoms with Crippen molar-refractivity contribution in [3.63, 3.8) is 0 Å². The van der Waals surface area contributed by atoms with Crippen LogP contribution in [0.2, 0.25) is 5.02 Å². The number of para-hydroxylation sites is 1. The van der Waals surface area contributed by atoms with Crippen LogP contribution in [0.5, 0.6) is 11.5 Å². The van der Waals surface area contributed by atoms with Crippen LogP contribution in [0.1, 0.15) is 5.56 Å². The summed E-state index contributed by atoms with van der Waals surface area (Å²) in [6.07, 6.45) is 0. The van der Waals surface area contributed by atoms with Crippen LogP contribution in [0.25, 0.3) is 0 Å². The van der Waals surface area contributed by atoms with Crippen molar-refractivity contribution in [2.75, 3.05) is 0 Å². The van der Waals surface area contributed by atoms with E-state index in [0.717, 1.165) is 9.32 Å². The molecule has 0 atom stereocenters. The van der Waals surface area contributed by atoms with Crippen molar-refractivity contribution >= 4 is 34.2 Å². The number of benzene rings is 2. The molecule has 0 unspecified atom stereocenters. The lowest BCUT2D eigenvalue weighted by Crippen LogP contribution is -1.87. The molecule has 0 spiro atoms. The van der Waals surface area contributed by atoms with E-state index < -0.39 is 0 Å². The molecule has 0 saturated carbocycles. The Morgan fingerprint density at radius 1 is 1.18 bits per heavy atom. The van der Waals surface area contributed by atoms with Gasteiger partial charge in [-0.3, -0.25) is 0 Å². The van der Waals surface area contributed by atoms with E-state index in [1.165, 1.54) is 0 Å². The van der Waals surface area contributed by atoms with Crippen LogP contribution in [0, 0.1) is 14.9 Å². The minimum Gasteiger partial charge on any atom is -0.456 e. The number of hydrogen-bond acceptors (Lipinski definition) is 2. The lowest BCUT2D eigenvalue weighted by atomic mass is 10.2. The average molecular weight is 356 g/mol. The van der Waals surface area contributed by atoms with E-state index in [4.69, 9.17) is 21.6 Å². The molecule has 4 heteroatoms. The van der Waals surface area contributed by atoms with Gasteiger partial charge in [-0.25, -0.2) is 0 Å². The molecule has 0 aliphatic rings. The fourth-order valence-electron chi connectivity index (χ4n) is 1.30. The van der Waals surface area contributed by atoms with E-state index in [9.17, 15) is 0 Å². The molecular formula is C13H7ClINO. The van der Waals surface area contributed by atoms with Crippen LogP contribution in [0.15, 0.2) is 42.5 Å². The van der Waals surface area contributed by atoms with Crippen LogP contribution < -0.4 is 4.74 Å². The summed E-state index contributed by atoms with van der Waals surface area (Å²) in [4.78, 5) is 0. The zero-order valence-electron chi connectivity index (χ0n) is 8.65. The van der Waals surface area contributed by atoms with E-state index in [2.05, 4.69) is 22.6 Å². The lowest BCUT2D eigenvalue weighted by Gasteiger charge is -2.07. The van der Waals surface area contributed by atoms with E-state index in [0.29, 0.717) is 16.3 Å². The molecule has 84 valence electrons. The maximum Gasteiger partial charge on any atom is 0.140 e. The average Bonchev–Trinajstić information content (AvgIpc) is 2.32. The number of ether oxygens (including phenoxy) is 1. The summed E-state index contributed by atoms with van der Waals surface area (Å²) < 4.78 is 6.71. The summed E-state index contributed by atoms with van der Waals surface area (Å²) in [5.74, 6) is 1.40. The largest absolute Gasteiger partial charge is 0.456 e. The second-order valence-corrected chi connectivity index (χ2v) is 4.86. The smallest absolute Gasteiger partial charge is 0.140 e. The Morgan fingerprint density at radius 3 is 2.59 bits per heavy atom. The van der Waals surface area contributed by atoms with E-state index >= 15 is 0 Å². The molecule has 0 aliphatic heterocycles. The Morgan fingerprint density at radius 2 is 1.94 bits per heavy atom. The normalized spacial score (nSPS) is 9.71. The van der Waals surface area contributed by atoms with Crippen molar-refractivity contribution < 1.29 is 4.74 Å². The minimum absolute atomic E-state index is 0.399. The molecule has 0 aliphatic carbocycles. The van der Waals surface area contributed by atoms with Gasteiger partial charge in [-0.15, -0.1) is 0 Å². The maximum atomic E-state index is 8.77. The van der Waals surface area contributed by atoms with Crippen molar-refractivity contribution in [2.24, 2.45) is 0 Å². The van der Waals surface area contributed by atoms with Crippen molar-refractivity contribution in [3.05, 3.63) is 56.6 Å². The molecule has 0 bridgehead atoms. The second kappa shape index (κ2) is 5.39. The second-order valence-electron chi connectivity index (χ2n) is 3.29. The van der Waals surface area contributed by atoms with Crippen molar-refractivity contribution in [2.45, 2.75) is 0 Å². The molecule has 2 nitrogen and oxygen atoms in total. The highest BCUT2D eigenvalue weighted by Gasteiger charge is 2.04. The molecule has 0 amide bonds. The Bertz CT molecular complexity index is 592. The van der Waals surface area contributed by atoms with Crippen LogP contribution in [-0.2, 0) is 0 Å². The molecule has 0 aromatic heterocycles. The zero-order chi connectivity index (χ0) is 12.3. The van der Waals surface area contributed by atoms with Crippen LogP contribution in [0.4, 0.5) is 0 Å². The van der Waals surface area contributed by atoms with Gasteiger partial charge < -0.3 is 4.74 Å². The van der Waals surface area contributed by atoms with Crippen LogP contribution in [-0.4, -0.2) is 0 Å². The summed E-state index contributed by atoms with van der Waals surface area (Å²) >= 11 is 8.13. The first-order chi connectivity index (χ1) is 8.20. The highest BCUT2D eigenvalue weighted by Crippen LogP contribution is 2.29. The minimum atomic E-state index is 0.399. The topological polar surface area (TPSA) is 33.0 Å². The van der Waals surface area contributed by atoms with Gasteiger partial charge in [-0.2, -0.15) is 5.26 Å². The molecule has 0 heterocycles. The summed E-state index contributed by atoms with van der Waals surface area (Å²) in [5, 5.41) is 9.17. The van der Waals surface area contributed by atoms with E-state index in [1.54, 1.807) is 18.2 Å². The molecule has 17 heavy (non-hydrogen) atoms. The number of nitrogens with zero attached hydrogens (tertiary/aromatic N) is 1. The third kappa shape index (κ3) is 2.90. The first-order valence-electron chi connectivity index (χ1n) is 4.83. The van der Waals surface area contributed by atoms with Gasteiger partial charge in [0, 0.05) is 6.07 Å². The van der Waals surface area contributed by atoms with Gasteiger partial charge in [0.1, 0.15) is 17.6 Å². The molecule has 0 fully saturated rings. The monoisotopic (exact) mass is 355 g/mol. The molecule has 2 aromatic rings. The van der Waals surface area contributed by atoms with Gasteiger partial charge >= 0.3 is 0 Å². The lowest BCUT2D eigenvalue weighted by molar-refractivity contribution is 0.479. The fraction of sp³-hybridized carbons (Fsp3) is 0. The summed E-state index contributed by atoms with van der Waals surface area (Å²) in [5.41, 5.74) is 0.446. The summed E-state index contributed by atoms with van der Waals surface area (Å²) in [7, 11) is 0. The van der Waals surface area contributed by atoms with E-state index in [1.807, 2.05) is 30.3 Å². The fourth-order valence-corrected chi connectivity index (χ4v) is 2.01. The Balaban J connectivity index is 2.29. The Hall–Kier alpha value is -1.25. The van der Waals surface area contributed by atoms with Crippen molar-refractivity contribution in [3.8, 4) is 17.6 Å². The first-order valence-corrected chi connectivity index (χ1v) is 6.28. The van der Waals surface area contributed by atoms with Gasteiger partial charge in [0.15, 0.2) is 0 Å². The highest BCUT2D eigenvalue weighted by atomic mass is 127. The molecule has 2 aromatic carbocycles. The third-order valence-corrected chi connectivity index (χ3v) is 3.33. The predicted octanol–water partition coefficient (Wildman–Crippen LogP) is 4.61. The predicted molar refractivity (Wildman–Crippen MR) is 75.4 cm³/mol. The van der Waals surface area contributed by atoms with Gasteiger partial charge in [-0.1, -0.05) is 23.7 Å². The molecule has 0 N–H and O–H groups in total. The Kier molecular flexibility index (Phi) is 3.87. The maximum absolute atomic E-state index is 8.77. The Labute approximate surface area is 118 Å². The molecule has 2 rings (SSSR count). The number of rotatable bonds is 2. The molecule has 0 radical (unpaired) electrons. The molecule has 0 saturated heterocycles. The summed E-state index contributed by atoms with van der Waals surface area (Å²) in [6, 6.07) is 14.7. The van der Waals surface area contributed by atoms with Gasteiger partial charge in [-0.05, 0) is 46.9 Å². The number of nitriles is 1. The SMILES string of the molecule is N#Cc1ccc(Oc2ccccc2I)cc1Cl. The quantitative estimate of drug-likeness (QED) is 0.737. The zero-order valence-corrected chi connectivity index (χ0v) is 11.6. The standard InChI is InChI=1S/C13H7ClINO/c14-11-7-10(6-5-9(11)8-16)17-13-4-2-1-3-12(13)15/h1-7H. The van der Waals surface area contributed by atoms with Crippen LogP contribution >= 0.6 is 34.2 Å². The third-order valence-electron chi connectivity index (χ3n) is 2.13. The van der Waals surface area contributed by atoms with Gasteiger partial charge in [0.2, 0.25) is 0 Å². The summed E-state index contributed by atoms with van der Waals surface area (Å²) in [6.45, 7) is 0. The van der Waals surface area contributed by atoms with Gasteiger partial charge in [0.25, 0.3) is 0 Å². The van der Waals surface area contributed by atoms with E-state index in [-0.39, 0.29) is 0 Å². The van der Waals surface area contributed by atoms with Crippen molar-refractivity contribution in [1.29, 1.82) is 5.26 Å². The highest BCUT2D eigenvalue weighted by molar-refractivity contribution is 14.1. The number of hydrogen-bond donors (Lipinski definition) is 0. The first kappa shape index (κ1) is 12.2. The van der Waals surface area contributed by atoms with Crippen molar-refractivity contribution in [1.82, 2.24) is 0 Å². The number of halogens is 2. The van der Waals surface area contributed by atoms with Gasteiger partial charge in [0.05, 0.1) is 14.2 Å². The van der Waals surface area contributed by atoms with Crippen LogP contribution in [0.3, 0.4) is 0 Å².